The van der Waals surface area contributed by atoms with Gasteiger partial charge in [-0.15, -0.1) is 0 Å². The van der Waals surface area contributed by atoms with Gasteiger partial charge in [-0.3, -0.25) is 14.7 Å². The molecule has 0 radical (unpaired) electrons. The van der Waals surface area contributed by atoms with Crippen LogP contribution in [0.3, 0.4) is 0 Å². The standard InChI is InChI=1S/C15H24N2.C9H20N2.C5H12/c1-15(2,3)17-11-9-16(10-12-17)13-14-7-5-4-6-8-14;1-9(2,3)11-7-5-10(4)6-8-11;1-5(2,3)4/h4-8H,9-13H2,1-3H3;5-8H2,1-4H3;1-4H3. The van der Waals surface area contributed by atoms with Crippen molar-refractivity contribution in [2.45, 2.75) is 86.9 Å². The Labute approximate surface area is 207 Å². The summed E-state index contributed by atoms with van der Waals surface area (Å²) in [5, 5.41) is 0. The van der Waals surface area contributed by atoms with Crippen molar-refractivity contribution < 1.29 is 0 Å². The predicted molar refractivity (Wildman–Crippen MR) is 147 cm³/mol. The zero-order chi connectivity index (χ0) is 25.3. The molecular formula is C29H56N4. The molecule has 0 amide bonds. The third-order valence-corrected chi connectivity index (χ3v) is 6.02. The Balaban J connectivity index is 0.000000292. The molecule has 0 saturated carbocycles. The lowest BCUT2D eigenvalue weighted by atomic mass is 10.0. The summed E-state index contributed by atoms with van der Waals surface area (Å²) in [6.07, 6.45) is 0. The highest BCUT2D eigenvalue weighted by Gasteiger charge is 2.26. The van der Waals surface area contributed by atoms with Crippen molar-refractivity contribution in [2.24, 2.45) is 5.41 Å². The fraction of sp³-hybridized carbons (Fsp3) is 0.793. The van der Waals surface area contributed by atoms with Gasteiger partial charge in [0.1, 0.15) is 0 Å². The highest BCUT2D eigenvalue weighted by molar-refractivity contribution is 5.14. The molecular weight excluding hydrogens is 404 g/mol. The highest BCUT2D eigenvalue weighted by atomic mass is 15.3. The number of hydrogen-bond donors (Lipinski definition) is 0. The smallest absolute Gasteiger partial charge is 0.0234 e. The van der Waals surface area contributed by atoms with Crippen LogP contribution in [0, 0.1) is 5.41 Å². The Kier molecular flexibility index (Phi) is 12.1. The van der Waals surface area contributed by atoms with Gasteiger partial charge in [-0.25, -0.2) is 0 Å². The van der Waals surface area contributed by atoms with Crippen molar-refractivity contribution in [3.05, 3.63) is 35.9 Å². The molecule has 4 heteroatoms. The van der Waals surface area contributed by atoms with Crippen molar-refractivity contribution in [1.29, 1.82) is 0 Å². The molecule has 192 valence electrons. The first kappa shape index (κ1) is 30.1. The van der Waals surface area contributed by atoms with E-state index in [1.54, 1.807) is 0 Å². The number of piperazine rings is 2. The summed E-state index contributed by atoms with van der Waals surface area (Å²) in [6.45, 7) is 33.3. The van der Waals surface area contributed by atoms with Crippen LogP contribution in [0.2, 0.25) is 0 Å². The third kappa shape index (κ3) is 14.1. The minimum absolute atomic E-state index is 0.318. The van der Waals surface area contributed by atoms with Gasteiger partial charge in [0.05, 0.1) is 0 Å². The Morgan fingerprint density at radius 1 is 0.576 bits per heavy atom. The molecule has 2 aliphatic rings. The topological polar surface area (TPSA) is 13.0 Å². The summed E-state index contributed by atoms with van der Waals surface area (Å²) in [5.74, 6) is 0. The lowest BCUT2D eigenvalue weighted by Crippen LogP contribution is -2.53. The van der Waals surface area contributed by atoms with Crippen molar-refractivity contribution >= 4 is 0 Å². The molecule has 2 saturated heterocycles. The van der Waals surface area contributed by atoms with E-state index in [1.165, 1.54) is 57.9 Å². The van der Waals surface area contributed by atoms with E-state index in [4.69, 9.17) is 0 Å². The summed E-state index contributed by atoms with van der Waals surface area (Å²) < 4.78 is 0. The highest BCUT2D eigenvalue weighted by Crippen LogP contribution is 2.17. The van der Waals surface area contributed by atoms with Gasteiger partial charge in [-0.05, 0) is 59.6 Å². The molecule has 33 heavy (non-hydrogen) atoms. The number of nitrogens with zero attached hydrogens (tertiary/aromatic N) is 4. The van der Waals surface area contributed by atoms with Crippen molar-refractivity contribution in [3.63, 3.8) is 0 Å². The monoisotopic (exact) mass is 460 g/mol. The molecule has 4 nitrogen and oxygen atoms in total. The molecule has 3 rings (SSSR count). The van der Waals surface area contributed by atoms with Gasteiger partial charge in [0.25, 0.3) is 0 Å². The lowest BCUT2D eigenvalue weighted by Gasteiger charge is -2.42. The first-order chi connectivity index (χ1) is 15.1. The molecule has 0 bridgehead atoms. The summed E-state index contributed by atoms with van der Waals surface area (Å²) in [6, 6.07) is 10.8. The maximum atomic E-state index is 2.58. The zero-order valence-corrected chi connectivity index (χ0v) is 24.0. The van der Waals surface area contributed by atoms with E-state index in [0.29, 0.717) is 16.5 Å². The number of likely N-dealkylation sites (N-methyl/N-ethyl adjacent to an activating group) is 1. The molecule has 2 aliphatic heterocycles. The van der Waals surface area contributed by atoms with Crippen LogP contribution < -0.4 is 0 Å². The second-order valence-electron chi connectivity index (χ2n) is 13.4. The molecule has 0 atom stereocenters. The quantitative estimate of drug-likeness (QED) is 0.562. The summed E-state index contributed by atoms with van der Waals surface area (Å²) in [5.41, 5.74) is 2.61. The van der Waals surface area contributed by atoms with Gasteiger partial charge in [-0.1, -0.05) is 58.0 Å². The molecule has 0 N–H and O–H groups in total. The average Bonchev–Trinajstić information content (AvgIpc) is 2.67. The third-order valence-electron chi connectivity index (χ3n) is 6.02. The Morgan fingerprint density at radius 2 is 0.939 bits per heavy atom. The van der Waals surface area contributed by atoms with Crippen LogP contribution in [-0.2, 0) is 6.54 Å². The van der Waals surface area contributed by atoms with E-state index >= 15 is 0 Å². The number of hydrogen-bond acceptors (Lipinski definition) is 4. The Morgan fingerprint density at radius 3 is 1.30 bits per heavy atom. The van der Waals surface area contributed by atoms with Gasteiger partial charge in [0, 0.05) is 70.0 Å². The fourth-order valence-corrected chi connectivity index (χ4v) is 3.90. The van der Waals surface area contributed by atoms with E-state index in [-0.39, 0.29) is 0 Å². The molecule has 2 fully saturated rings. The predicted octanol–water partition coefficient (Wildman–Crippen LogP) is 5.69. The second kappa shape index (κ2) is 13.2. The molecule has 1 aromatic carbocycles. The average molecular weight is 461 g/mol. The van der Waals surface area contributed by atoms with Gasteiger partial charge in [-0.2, -0.15) is 0 Å². The van der Waals surface area contributed by atoms with Crippen molar-refractivity contribution in [2.75, 3.05) is 59.4 Å². The Hall–Kier alpha value is -0.940. The molecule has 1 aromatic rings. The van der Waals surface area contributed by atoms with Crippen molar-refractivity contribution in [3.8, 4) is 0 Å². The van der Waals surface area contributed by atoms with Crippen LogP contribution >= 0.6 is 0 Å². The fourth-order valence-electron chi connectivity index (χ4n) is 3.90. The first-order valence-corrected chi connectivity index (χ1v) is 13.0. The normalized spacial score (nSPS) is 19.8. The van der Waals surface area contributed by atoms with Crippen LogP contribution in [-0.4, -0.2) is 90.1 Å². The minimum atomic E-state index is 0.318. The minimum Gasteiger partial charge on any atom is -0.304 e. The van der Waals surface area contributed by atoms with Crippen LogP contribution in [0.1, 0.15) is 74.8 Å². The van der Waals surface area contributed by atoms with Crippen LogP contribution in [0.15, 0.2) is 30.3 Å². The van der Waals surface area contributed by atoms with E-state index in [0.717, 1.165) is 6.54 Å². The second-order valence-corrected chi connectivity index (χ2v) is 13.4. The molecule has 0 unspecified atom stereocenters. The number of rotatable bonds is 2. The SMILES string of the molecule is CC(C)(C)C.CC(C)(C)N1CCN(Cc2ccccc2)CC1.CN1CCN(C(C)(C)C)CC1. The van der Waals surface area contributed by atoms with Crippen LogP contribution in [0.4, 0.5) is 0 Å². The van der Waals surface area contributed by atoms with Gasteiger partial charge in [0.2, 0.25) is 0 Å². The van der Waals surface area contributed by atoms with Crippen LogP contribution in [0.5, 0.6) is 0 Å². The zero-order valence-electron chi connectivity index (χ0n) is 24.0. The molecule has 0 spiro atoms. The van der Waals surface area contributed by atoms with E-state index in [9.17, 15) is 0 Å². The van der Waals surface area contributed by atoms with E-state index in [1.807, 2.05) is 0 Å². The maximum Gasteiger partial charge on any atom is 0.0234 e. The summed E-state index contributed by atoms with van der Waals surface area (Å²) in [7, 11) is 2.19. The summed E-state index contributed by atoms with van der Waals surface area (Å²) >= 11 is 0. The van der Waals surface area contributed by atoms with Gasteiger partial charge in [0.15, 0.2) is 0 Å². The largest absolute Gasteiger partial charge is 0.304 e. The van der Waals surface area contributed by atoms with E-state index in [2.05, 4.69) is 126 Å². The molecule has 0 aromatic heterocycles. The van der Waals surface area contributed by atoms with Gasteiger partial charge >= 0.3 is 0 Å². The Bertz CT molecular complexity index is 614. The molecule has 0 aliphatic carbocycles. The lowest BCUT2D eigenvalue weighted by molar-refractivity contribution is 0.0591. The van der Waals surface area contributed by atoms with Crippen molar-refractivity contribution in [1.82, 2.24) is 19.6 Å². The maximum absolute atomic E-state index is 2.58. The summed E-state index contributed by atoms with van der Waals surface area (Å²) in [4.78, 5) is 10.1. The molecule has 2 heterocycles. The van der Waals surface area contributed by atoms with Crippen LogP contribution in [0.25, 0.3) is 0 Å². The van der Waals surface area contributed by atoms with E-state index < -0.39 is 0 Å². The number of benzene rings is 1. The van der Waals surface area contributed by atoms with Gasteiger partial charge < -0.3 is 4.90 Å². The first-order valence-electron chi connectivity index (χ1n) is 13.0.